The highest BCUT2D eigenvalue weighted by molar-refractivity contribution is 5.51. The number of halogens is 1. The smallest absolute Gasteiger partial charge is 0.162 e. The van der Waals surface area contributed by atoms with Crippen LogP contribution in [0.2, 0.25) is 0 Å². The molecule has 0 atom stereocenters. The number of anilines is 1. The zero-order valence-electron chi connectivity index (χ0n) is 10.9. The molecule has 0 aliphatic heterocycles. The Morgan fingerprint density at radius 3 is 2.80 bits per heavy atom. The number of rotatable bonds is 4. The number of methoxy groups -OCH3 is 1. The summed E-state index contributed by atoms with van der Waals surface area (Å²) in [4.78, 5) is 0. The summed E-state index contributed by atoms with van der Waals surface area (Å²) in [5.41, 5.74) is 1.12. The maximum atomic E-state index is 13.7. The Bertz CT molecular complexity index is 665. The van der Waals surface area contributed by atoms with Gasteiger partial charge < -0.3 is 15.2 Å². The molecule has 0 spiro atoms. The number of nitrogens with zero attached hydrogens (tertiary/aromatic N) is 1. The molecule has 0 heterocycles. The minimum Gasteiger partial charge on any atom is -0.504 e. The van der Waals surface area contributed by atoms with Crippen LogP contribution in [0.1, 0.15) is 11.1 Å². The Kier molecular flexibility index (Phi) is 4.06. The van der Waals surface area contributed by atoms with Gasteiger partial charge in [-0.05, 0) is 24.3 Å². The lowest BCUT2D eigenvalue weighted by Gasteiger charge is -2.11. The third kappa shape index (κ3) is 2.81. The number of phenolic OH excluding ortho intramolecular Hbond substituents is 1. The van der Waals surface area contributed by atoms with Gasteiger partial charge in [0.05, 0.1) is 24.4 Å². The zero-order valence-corrected chi connectivity index (χ0v) is 10.9. The van der Waals surface area contributed by atoms with Crippen molar-refractivity contribution in [3.05, 3.63) is 53.3 Å². The van der Waals surface area contributed by atoms with Gasteiger partial charge in [-0.2, -0.15) is 5.26 Å². The van der Waals surface area contributed by atoms with Gasteiger partial charge in [0, 0.05) is 12.1 Å². The van der Waals surface area contributed by atoms with Crippen LogP contribution in [0, 0.1) is 17.1 Å². The van der Waals surface area contributed by atoms with Gasteiger partial charge in [-0.3, -0.25) is 0 Å². The topological polar surface area (TPSA) is 65.3 Å². The Morgan fingerprint density at radius 1 is 1.35 bits per heavy atom. The second kappa shape index (κ2) is 5.93. The van der Waals surface area contributed by atoms with E-state index in [-0.39, 0.29) is 23.5 Å². The van der Waals surface area contributed by atoms with E-state index in [1.54, 1.807) is 18.2 Å². The van der Waals surface area contributed by atoms with Gasteiger partial charge in [-0.25, -0.2) is 4.39 Å². The van der Waals surface area contributed by atoms with E-state index in [1.165, 1.54) is 19.2 Å². The quantitative estimate of drug-likeness (QED) is 0.898. The first-order valence-electron chi connectivity index (χ1n) is 5.94. The Labute approximate surface area is 116 Å². The number of aromatic hydroxyl groups is 1. The molecule has 0 saturated heterocycles. The third-order valence-electron chi connectivity index (χ3n) is 2.87. The van der Waals surface area contributed by atoms with Crippen molar-refractivity contribution in [1.29, 1.82) is 5.26 Å². The molecule has 20 heavy (non-hydrogen) atoms. The molecule has 0 fully saturated rings. The minimum absolute atomic E-state index is 0.0246. The predicted octanol–water partition coefficient (Wildman–Crippen LogP) is 3.02. The highest BCUT2D eigenvalue weighted by atomic mass is 19.1. The highest BCUT2D eigenvalue weighted by Crippen LogP contribution is 2.30. The van der Waals surface area contributed by atoms with Crippen molar-refractivity contribution in [3.8, 4) is 17.6 Å². The molecule has 0 aliphatic carbocycles. The van der Waals surface area contributed by atoms with Crippen LogP contribution in [0.3, 0.4) is 0 Å². The minimum atomic E-state index is -0.508. The lowest BCUT2D eigenvalue weighted by atomic mass is 10.1. The van der Waals surface area contributed by atoms with Gasteiger partial charge in [0.25, 0.3) is 0 Å². The fraction of sp³-hybridized carbons (Fsp3) is 0.133. The molecule has 0 bridgehead atoms. The first kappa shape index (κ1) is 13.7. The number of hydrogen-bond acceptors (Lipinski definition) is 4. The van der Waals surface area contributed by atoms with E-state index < -0.39 is 5.82 Å². The van der Waals surface area contributed by atoms with Crippen molar-refractivity contribution in [2.24, 2.45) is 0 Å². The van der Waals surface area contributed by atoms with Crippen LogP contribution in [0.15, 0.2) is 36.4 Å². The number of nitriles is 1. The summed E-state index contributed by atoms with van der Waals surface area (Å²) in [7, 11) is 1.46. The van der Waals surface area contributed by atoms with Crippen LogP contribution in [0.25, 0.3) is 0 Å². The number of nitrogens with one attached hydrogen (secondary N) is 1. The molecule has 0 aliphatic rings. The average molecular weight is 272 g/mol. The molecule has 0 saturated carbocycles. The first-order valence-corrected chi connectivity index (χ1v) is 5.94. The van der Waals surface area contributed by atoms with E-state index in [0.717, 1.165) is 6.07 Å². The standard InChI is InChI=1S/C15H13FN2O2/c1-20-14-4-2-3-11(15(14)19)9-18-13-6-5-10(8-17)7-12(13)16/h2-7,18-19H,9H2,1H3. The van der Waals surface area contributed by atoms with Gasteiger partial charge >= 0.3 is 0 Å². The van der Waals surface area contributed by atoms with Gasteiger partial charge in [0.1, 0.15) is 5.82 Å². The van der Waals surface area contributed by atoms with Crippen molar-refractivity contribution in [1.82, 2.24) is 0 Å². The van der Waals surface area contributed by atoms with Crippen molar-refractivity contribution in [3.63, 3.8) is 0 Å². The van der Waals surface area contributed by atoms with E-state index in [9.17, 15) is 9.50 Å². The molecule has 2 aromatic rings. The average Bonchev–Trinajstić information content (AvgIpc) is 2.47. The van der Waals surface area contributed by atoms with Gasteiger partial charge in [-0.15, -0.1) is 0 Å². The summed E-state index contributed by atoms with van der Waals surface area (Å²) in [5, 5.41) is 21.5. The fourth-order valence-electron chi connectivity index (χ4n) is 1.79. The summed E-state index contributed by atoms with van der Waals surface area (Å²) in [5.74, 6) is -0.118. The van der Waals surface area contributed by atoms with Gasteiger partial charge in [-0.1, -0.05) is 12.1 Å². The molecular formula is C15H13FN2O2. The number of phenols is 1. The van der Waals surface area contributed by atoms with Crippen LogP contribution in [0.5, 0.6) is 11.5 Å². The predicted molar refractivity (Wildman–Crippen MR) is 73.1 cm³/mol. The number of benzene rings is 2. The van der Waals surface area contributed by atoms with Gasteiger partial charge in [0.2, 0.25) is 0 Å². The molecule has 0 radical (unpaired) electrons. The zero-order chi connectivity index (χ0) is 14.5. The summed E-state index contributed by atoms with van der Waals surface area (Å²) in [6, 6.07) is 11.1. The van der Waals surface area contributed by atoms with E-state index in [1.807, 2.05) is 6.07 Å². The normalized spacial score (nSPS) is 9.85. The highest BCUT2D eigenvalue weighted by Gasteiger charge is 2.08. The van der Waals surface area contributed by atoms with Crippen LogP contribution in [-0.4, -0.2) is 12.2 Å². The molecule has 5 heteroatoms. The number of ether oxygens (including phenoxy) is 1. The molecule has 0 unspecified atom stereocenters. The molecule has 2 N–H and O–H groups in total. The van der Waals surface area contributed by atoms with Crippen molar-refractivity contribution in [2.45, 2.75) is 6.54 Å². The van der Waals surface area contributed by atoms with Crippen LogP contribution in [-0.2, 0) is 6.54 Å². The Balaban J connectivity index is 2.15. The lowest BCUT2D eigenvalue weighted by molar-refractivity contribution is 0.371. The van der Waals surface area contributed by atoms with Crippen LogP contribution >= 0.6 is 0 Å². The van der Waals surface area contributed by atoms with E-state index >= 15 is 0 Å². The third-order valence-corrected chi connectivity index (χ3v) is 2.87. The second-order valence-electron chi connectivity index (χ2n) is 4.13. The summed E-state index contributed by atoms with van der Waals surface area (Å²) in [6.07, 6.45) is 0. The first-order chi connectivity index (χ1) is 9.65. The molecule has 0 amide bonds. The lowest BCUT2D eigenvalue weighted by Crippen LogP contribution is -2.02. The van der Waals surface area contributed by atoms with E-state index in [4.69, 9.17) is 10.00 Å². The SMILES string of the molecule is COc1cccc(CNc2ccc(C#N)cc2F)c1O. The molecule has 2 aromatic carbocycles. The Morgan fingerprint density at radius 2 is 2.15 bits per heavy atom. The number of hydrogen-bond donors (Lipinski definition) is 2. The Hall–Kier alpha value is -2.74. The van der Waals surface area contributed by atoms with E-state index in [2.05, 4.69) is 5.32 Å². The summed E-state index contributed by atoms with van der Waals surface area (Å²) < 4.78 is 18.7. The maximum absolute atomic E-state index is 13.7. The monoisotopic (exact) mass is 272 g/mol. The molecule has 102 valence electrons. The van der Waals surface area contributed by atoms with Crippen molar-refractivity contribution < 1.29 is 14.2 Å². The summed E-state index contributed by atoms with van der Waals surface area (Å²) >= 11 is 0. The molecule has 2 rings (SSSR count). The molecular weight excluding hydrogens is 259 g/mol. The maximum Gasteiger partial charge on any atom is 0.162 e. The fourth-order valence-corrected chi connectivity index (χ4v) is 1.79. The summed E-state index contributed by atoms with van der Waals surface area (Å²) in [6.45, 7) is 0.242. The van der Waals surface area contributed by atoms with Crippen LogP contribution in [0.4, 0.5) is 10.1 Å². The molecule has 4 nitrogen and oxygen atoms in total. The second-order valence-corrected chi connectivity index (χ2v) is 4.13. The van der Waals surface area contributed by atoms with E-state index in [0.29, 0.717) is 11.3 Å². The molecule has 0 aromatic heterocycles. The van der Waals surface area contributed by atoms with Crippen molar-refractivity contribution >= 4 is 5.69 Å². The largest absolute Gasteiger partial charge is 0.504 e. The van der Waals surface area contributed by atoms with Crippen LogP contribution < -0.4 is 10.1 Å². The van der Waals surface area contributed by atoms with Gasteiger partial charge in [0.15, 0.2) is 11.5 Å². The number of para-hydroxylation sites is 1. The van der Waals surface area contributed by atoms with Crippen molar-refractivity contribution in [2.75, 3.05) is 12.4 Å².